The van der Waals surface area contributed by atoms with E-state index in [2.05, 4.69) is 0 Å². The summed E-state index contributed by atoms with van der Waals surface area (Å²) < 4.78 is 0. The second-order valence-electron chi connectivity index (χ2n) is 5.80. The van der Waals surface area contributed by atoms with Crippen LogP contribution in [0.3, 0.4) is 0 Å². The number of carbonyl (C=O) groups excluding carboxylic acids is 2. The molecule has 0 N–H and O–H groups in total. The number of rotatable bonds is 2. The van der Waals surface area contributed by atoms with Gasteiger partial charge in [-0.3, -0.25) is 0 Å². The lowest BCUT2D eigenvalue weighted by atomic mass is 9.66. The van der Waals surface area contributed by atoms with Gasteiger partial charge < -0.3 is 19.8 Å². The Labute approximate surface area is 95.7 Å². The molecule has 4 nitrogen and oxygen atoms in total. The van der Waals surface area contributed by atoms with Crippen LogP contribution in [-0.4, -0.2) is 11.9 Å². The molecule has 0 heterocycles. The fourth-order valence-corrected chi connectivity index (χ4v) is 2.41. The Kier molecular flexibility index (Phi) is 3.61. The summed E-state index contributed by atoms with van der Waals surface area (Å²) in [6, 6.07) is 0. The van der Waals surface area contributed by atoms with E-state index in [0.717, 1.165) is 0 Å². The van der Waals surface area contributed by atoms with Crippen molar-refractivity contribution in [1.82, 2.24) is 0 Å². The van der Waals surface area contributed by atoms with Crippen LogP contribution in [0.4, 0.5) is 0 Å². The molecule has 1 saturated carbocycles. The standard InChI is InChI=1S/C12H20O4/c1-12(2,3)9-5-7(10(13)14)4-8(6-9)11(15)16/h7-9H,4-6H2,1-3H3,(H,13,14)(H,15,16)/p-2. The van der Waals surface area contributed by atoms with Crippen LogP contribution in [0.1, 0.15) is 40.0 Å². The highest BCUT2D eigenvalue weighted by molar-refractivity contribution is 5.72. The summed E-state index contributed by atoms with van der Waals surface area (Å²) in [5.41, 5.74) is -0.0815. The molecular formula is C12H18O4-2. The molecule has 0 radical (unpaired) electrons. The molecule has 1 fully saturated rings. The molecule has 1 aliphatic carbocycles. The lowest BCUT2D eigenvalue weighted by Gasteiger charge is -2.42. The molecule has 0 saturated heterocycles. The molecule has 2 atom stereocenters. The molecule has 0 aromatic rings. The van der Waals surface area contributed by atoms with Gasteiger partial charge in [0.15, 0.2) is 0 Å². The van der Waals surface area contributed by atoms with Gasteiger partial charge in [0, 0.05) is 11.9 Å². The highest BCUT2D eigenvalue weighted by atomic mass is 16.4. The smallest absolute Gasteiger partial charge is 0.0445 e. The number of carboxylic acid groups (broad SMARTS) is 2. The van der Waals surface area contributed by atoms with Gasteiger partial charge in [-0.2, -0.15) is 0 Å². The van der Waals surface area contributed by atoms with E-state index in [4.69, 9.17) is 0 Å². The van der Waals surface area contributed by atoms with Crippen molar-refractivity contribution in [1.29, 1.82) is 0 Å². The average molecular weight is 226 g/mol. The third-order valence-electron chi connectivity index (χ3n) is 3.60. The van der Waals surface area contributed by atoms with Crippen molar-refractivity contribution in [2.24, 2.45) is 23.2 Å². The fourth-order valence-electron chi connectivity index (χ4n) is 2.41. The minimum absolute atomic E-state index is 0.0815. The SMILES string of the molecule is CC(C)(C)C1CC(C(=O)[O-])CC(C(=O)[O-])C1. The van der Waals surface area contributed by atoms with Crippen LogP contribution in [0.15, 0.2) is 0 Å². The molecule has 92 valence electrons. The van der Waals surface area contributed by atoms with E-state index in [-0.39, 0.29) is 17.8 Å². The van der Waals surface area contributed by atoms with Crippen LogP contribution in [0.5, 0.6) is 0 Å². The second kappa shape index (κ2) is 4.44. The zero-order valence-electron chi connectivity index (χ0n) is 9.99. The van der Waals surface area contributed by atoms with E-state index in [1.54, 1.807) is 0 Å². The number of carboxylic acids is 2. The molecular weight excluding hydrogens is 208 g/mol. The zero-order valence-corrected chi connectivity index (χ0v) is 9.99. The van der Waals surface area contributed by atoms with Gasteiger partial charge in [-0.15, -0.1) is 0 Å². The predicted octanol–water partition coefficient (Wildman–Crippen LogP) is -0.435. The van der Waals surface area contributed by atoms with Crippen molar-refractivity contribution < 1.29 is 19.8 Å². The Morgan fingerprint density at radius 1 is 0.938 bits per heavy atom. The second-order valence-corrected chi connectivity index (χ2v) is 5.80. The maximum absolute atomic E-state index is 10.9. The van der Waals surface area contributed by atoms with Crippen molar-refractivity contribution in [2.75, 3.05) is 0 Å². The molecule has 0 bridgehead atoms. The third-order valence-corrected chi connectivity index (χ3v) is 3.60. The quantitative estimate of drug-likeness (QED) is 0.639. The van der Waals surface area contributed by atoms with Crippen molar-refractivity contribution in [3.05, 3.63) is 0 Å². The van der Waals surface area contributed by atoms with Gasteiger partial charge in [0.05, 0.1) is 0 Å². The minimum atomic E-state index is -1.14. The first-order chi connectivity index (χ1) is 7.21. The summed E-state index contributed by atoms with van der Waals surface area (Å²) in [6.07, 6.45) is 1.17. The first-order valence-corrected chi connectivity index (χ1v) is 5.63. The van der Waals surface area contributed by atoms with E-state index in [1.165, 1.54) is 0 Å². The van der Waals surface area contributed by atoms with Crippen LogP contribution < -0.4 is 10.2 Å². The van der Waals surface area contributed by atoms with Crippen LogP contribution >= 0.6 is 0 Å². The molecule has 1 aliphatic rings. The summed E-state index contributed by atoms with van der Waals surface area (Å²) >= 11 is 0. The number of hydrogen-bond donors (Lipinski definition) is 0. The van der Waals surface area contributed by atoms with Crippen LogP contribution in [-0.2, 0) is 9.59 Å². The first kappa shape index (κ1) is 13.0. The summed E-state index contributed by atoms with van der Waals surface area (Å²) in [5.74, 6) is -3.49. The van der Waals surface area contributed by atoms with E-state index in [1.807, 2.05) is 20.8 Å². The Morgan fingerprint density at radius 2 is 1.31 bits per heavy atom. The molecule has 4 heteroatoms. The summed E-state index contributed by atoms with van der Waals surface area (Å²) in [4.78, 5) is 21.7. The Morgan fingerprint density at radius 3 is 1.56 bits per heavy atom. The molecule has 0 spiro atoms. The van der Waals surface area contributed by atoms with E-state index in [0.29, 0.717) is 12.8 Å². The van der Waals surface area contributed by atoms with Crippen molar-refractivity contribution in [2.45, 2.75) is 40.0 Å². The maximum atomic E-state index is 10.9. The monoisotopic (exact) mass is 226 g/mol. The van der Waals surface area contributed by atoms with E-state index in [9.17, 15) is 19.8 Å². The van der Waals surface area contributed by atoms with Gasteiger partial charge in [-0.05, 0) is 42.4 Å². The van der Waals surface area contributed by atoms with Gasteiger partial charge in [0.2, 0.25) is 0 Å². The molecule has 0 aromatic carbocycles. The highest BCUT2D eigenvalue weighted by Gasteiger charge is 2.36. The number of aliphatic carboxylic acids is 2. The molecule has 2 unspecified atom stereocenters. The normalized spacial score (nSPS) is 31.1. The topological polar surface area (TPSA) is 80.3 Å². The van der Waals surface area contributed by atoms with Crippen molar-refractivity contribution in [3.8, 4) is 0 Å². The molecule has 0 aliphatic heterocycles. The van der Waals surface area contributed by atoms with E-state index < -0.39 is 23.8 Å². The Balaban J connectivity index is 2.82. The molecule has 16 heavy (non-hydrogen) atoms. The molecule has 0 aromatic heterocycles. The van der Waals surface area contributed by atoms with Crippen molar-refractivity contribution >= 4 is 11.9 Å². The number of hydrogen-bond acceptors (Lipinski definition) is 4. The van der Waals surface area contributed by atoms with Gasteiger partial charge in [0.25, 0.3) is 0 Å². The maximum Gasteiger partial charge on any atom is 0.0445 e. The van der Waals surface area contributed by atoms with Gasteiger partial charge >= 0.3 is 0 Å². The molecule has 0 amide bonds. The summed E-state index contributed by atoms with van der Waals surface area (Å²) in [5, 5.41) is 21.7. The summed E-state index contributed by atoms with van der Waals surface area (Å²) in [6.45, 7) is 6.00. The van der Waals surface area contributed by atoms with Crippen LogP contribution in [0.25, 0.3) is 0 Å². The van der Waals surface area contributed by atoms with Crippen LogP contribution in [0, 0.1) is 23.2 Å². The van der Waals surface area contributed by atoms with Crippen molar-refractivity contribution in [3.63, 3.8) is 0 Å². The fraction of sp³-hybridized carbons (Fsp3) is 0.833. The zero-order chi connectivity index (χ0) is 12.5. The lowest BCUT2D eigenvalue weighted by molar-refractivity contribution is -0.319. The van der Waals surface area contributed by atoms with Gasteiger partial charge in [-0.25, -0.2) is 0 Å². The summed E-state index contributed by atoms with van der Waals surface area (Å²) in [7, 11) is 0. The first-order valence-electron chi connectivity index (χ1n) is 5.63. The molecule has 1 rings (SSSR count). The van der Waals surface area contributed by atoms with Crippen LogP contribution in [0.2, 0.25) is 0 Å². The Bertz CT molecular complexity index is 268. The Hall–Kier alpha value is -1.06. The van der Waals surface area contributed by atoms with E-state index >= 15 is 0 Å². The minimum Gasteiger partial charge on any atom is -0.550 e. The number of carbonyl (C=O) groups is 2. The van der Waals surface area contributed by atoms with Gasteiger partial charge in [0.1, 0.15) is 0 Å². The largest absolute Gasteiger partial charge is 0.550 e. The predicted molar refractivity (Wildman–Crippen MR) is 53.8 cm³/mol. The average Bonchev–Trinajstić information content (AvgIpc) is 2.15. The lowest BCUT2D eigenvalue weighted by Crippen LogP contribution is -2.44. The third kappa shape index (κ3) is 2.97. The van der Waals surface area contributed by atoms with Gasteiger partial charge in [-0.1, -0.05) is 20.8 Å². The highest BCUT2D eigenvalue weighted by Crippen LogP contribution is 2.42.